The summed E-state index contributed by atoms with van der Waals surface area (Å²) >= 11 is 0. The van der Waals surface area contributed by atoms with Gasteiger partial charge in [-0.15, -0.1) is 0 Å². The monoisotopic (exact) mass is 341 g/mol. The summed E-state index contributed by atoms with van der Waals surface area (Å²) in [6.07, 6.45) is 0. The van der Waals surface area contributed by atoms with Gasteiger partial charge in [0.05, 0.1) is 33.1 Å². The minimum absolute atomic E-state index is 0.00814. The van der Waals surface area contributed by atoms with Crippen molar-refractivity contribution in [3.05, 3.63) is 54.1 Å². The molecule has 25 heavy (non-hydrogen) atoms. The molecule has 2 aromatic rings. The van der Waals surface area contributed by atoms with Crippen LogP contribution in [0.2, 0.25) is 0 Å². The first-order chi connectivity index (χ1) is 12.0. The van der Waals surface area contributed by atoms with Gasteiger partial charge in [0.2, 0.25) is 0 Å². The number of benzene rings is 2. The van der Waals surface area contributed by atoms with E-state index in [9.17, 15) is 9.90 Å². The van der Waals surface area contributed by atoms with Crippen LogP contribution in [0.25, 0.3) is 0 Å². The maximum Gasteiger partial charge on any atom is 0.257 e. The summed E-state index contributed by atoms with van der Waals surface area (Å²) in [5, 5.41) is 10.0. The van der Waals surface area contributed by atoms with Crippen LogP contribution in [-0.2, 0) is 4.79 Å². The highest BCUT2D eigenvalue weighted by atomic mass is 16.5. The molecule has 0 spiro atoms. The van der Waals surface area contributed by atoms with Crippen molar-refractivity contribution < 1.29 is 24.1 Å². The van der Waals surface area contributed by atoms with Crippen LogP contribution >= 0.6 is 0 Å². The summed E-state index contributed by atoms with van der Waals surface area (Å²) in [5.74, 6) is 1.33. The minimum atomic E-state index is -0.383. The lowest BCUT2D eigenvalue weighted by Crippen LogP contribution is -2.49. The highest BCUT2D eigenvalue weighted by molar-refractivity contribution is 6.15. The lowest BCUT2D eigenvalue weighted by atomic mass is 9.88. The number of β-lactam (4-membered cyclic amide) rings is 1. The molecule has 6 heteroatoms. The van der Waals surface area contributed by atoms with E-state index in [0.717, 1.165) is 5.56 Å². The molecule has 0 aromatic heterocycles. The molecule has 0 unspecified atom stereocenters. The van der Waals surface area contributed by atoms with Crippen molar-refractivity contribution in [1.82, 2.24) is 0 Å². The van der Waals surface area contributed by atoms with Crippen LogP contribution < -0.4 is 19.1 Å². The number of rotatable bonds is 5. The van der Waals surface area contributed by atoms with Crippen molar-refractivity contribution >= 4 is 11.6 Å². The molecule has 0 saturated carbocycles. The maximum absolute atomic E-state index is 12.4. The van der Waals surface area contributed by atoms with Gasteiger partial charge in [-0.25, -0.2) is 0 Å². The Bertz CT molecular complexity index is 846. The molecule has 0 aliphatic carbocycles. The number of hydrogen-bond acceptors (Lipinski definition) is 5. The average molecular weight is 341 g/mol. The fourth-order valence-electron chi connectivity index (χ4n) is 2.94. The zero-order valence-corrected chi connectivity index (χ0v) is 14.3. The Balaban J connectivity index is 2.02. The molecule has 1 aliphatic rings. The number of methoxy groups -OCH3 is 3. The normalized spacial score (nSPS) is 16.4. The number of phenols is 1. The molecule has 130 valence electrons. The largest absolute Gasteiger partial charge is 0.504 e. The number of amides is 1. The zero-order valence-electron chi connectivity index (χ0n) is 14.3. The summed E-state index contributed by atoms with van der Waals surface area (Å²) < 4.78 is 15.7. The van der Waals surface area contributed by atoms with E-state index in [1.807, 2.05) is 0 Å². The highest BCUT2D eigenvalue weighted by Gasteiger charge is 2.44. The molecule has 1 N–H and O–H groups in total. The minimum Gasteiger partial charge on any atom is -0.504 e. The molecule has 1 fully saturated rings. The number of anilines is 1. The third-order valence-corrected chi connectivity index (χ3v) is 4.25. The second kappa shape index (κ2) is 6.39. The molecule has 1 aliphatic heterocycles. The van der Waals surface area contributed by atoms with Gasteiger partial charge in [0.15, 0.2) is 11.5 Å². The summed E-state index contributed by atoms with van der Waals surface area (Å²) in [6.45, 7) is 3.87. The van der Waals surface area contributed by atoms with E-state index >= 15 is 0 Å². The molecule has 1 amide bonds. The van der Waals surface area contributed by atoms with Crippen LogP contribution in [-0.4, -0.2) is 32.3 Å². The zero-order chi connectivity index (χ0) is 18.1. The number of carbonyl (C=O) groups excluding carboxylic acids is 1. The smallest absolute Gasteiger partial charge is 0.257 e. The second-order valence-electron chi connectivity index (χ2n) is 5.57. The van der Waals surface area contributed by atoms with Crippen molar-refractivity contribution in [2.45, 2.75) is 6.04 Å². The molecule has 0 radical (unpaired) electrons. The maximum atomic E-state index is 12.4. The van der Waals surface area contributed by atoms with Gasteiger partial charge in [0.1, 0.15) is 11.5 Å². The molecule has 6 nitrogen and oxygen atoms in total. The lowest BCUT2D eigenvalue weighted by Gasteiger charge is -2.43. The van der Waals surface area contributed by atoms with Gasteiger partial charge in [0, 0.05) is 11.6 Å². The Morgan fingerprint density at radius 1 is 1.00 bits per heavy atom. The van der Waals surface area contributed by atoms with Crippen LogP contribution in [0.1, 0.15) is 11.6 Å². The first-order valence-electron chi connectivity index (χ1n) is 7.63. The van der Waals surface area contributed by atoms with Crippen LogP contribution in [0.5, 0.6) is 23.0 Å². The number of hydrogen-bond donors (Lipinski definition) is 1. The van der Waals surface area contributed by atoms with Crippen molar-refractivity contribution in [1.29, 1.82) is 0 Å². The van der Waals surface area contributed by atoms with Gasteiger partial charge < -0.3 is 19.3 Å². The van der Waals surface area contributed by atoms with Gasteiger partial charge in [-0.1, -0.05) is 12.6 Å². The first kappa shape index (κ1) is 16.7. The van der Waals surface area contributed by atoms with Crippen molar-refractivity contribution in [2.24, 2.45) is 0 Å². The Morgan fingerprint density at radius 2 is 1.72 bits per heavy atom. The lowest BCUT2D eigenvalue weighted by molar-refractivity contribution is -0.119. The molecule has 1 saturated heterocycles. The highest BCUT2D eigenvalue weighted by Crippen LogP contribution is 2.47. The molecular formula is C19H19NO5. The van der Waals surface area contributed by atoms with E-state index in [1.165, 1.54) is 14.2 Å². The van der Waals surface area contributed by atoms with E-state index in [0.29, 0.717) is 28.5 Å². The van der Waals surface area contributed by atoms with Crippen LogP contribution in [0.3, 0.4) is 0 Å². The fraction of sp³-hybridized carbons (Fsp3) is 0.211. The Morgan fingerprint density at radius 3 is 2.32 bits per heavy atom. The Hall–Kier alpha value is -3.15. The van der Waals surface area contributed by atoms with Crippen LogP contribution in [0.15, 0.2) is 48.6 Å². The Labute approximate surface area is 145 Å². The number of phenolic OH excluding ortho intramolecular Hbond substituents is 1. The number of ether oxygens (including phenoxy) is 3. The summed E-state index contributed by atoms with van der Waals surface area (Å²) in [6, 6.07) is 9.88. The third kappa shape index (κ3) is 2.65. The van der Waals surface area contributed by atoms with E-state index in [4.69, 9.17) is 14.2 Å². The summed E-state index contributed by atoms with van der Waals surface area (Å²) in [5.41, 5.74) is 1.80. The molecular weight excluding hydrogens is 322 g/mol. The molecule has 0 bridgehead atoms. The quantitative estimate of drug-likeness (QED) is 0.669. The molecule has 1 heterocycles. The second-order valence-corrected chi connectivity index (χ2v) is 5.57. The number of nitrogens with zero attached hydrogens (tertiary/aromatic N) is 1. The van der Waals surface area contributed by atoms with Crippen molar-refractivity contribution in [2.75, 3.05) is 26.2 Å². The van der Waals surface area contributed by atoms with E-state index < -0.39 is 0 Å². The van der Waals surface area contributed by atoms with Crippen molar-refractivity contribution in [3.8, 4) is 23.0 Å². The van der Waals surface area contributed by atoms with Gasteiger partial charge in [-0.2, -0.15) is 0 Å². The SMILES string of the molecule is C=C1C(=O)N(c2ccc(OC)cc2OC)[C@H]1c1ccc(OC)c(O)c1. The van der Waals surface area contributed by atoms with Gasteiger partial charge in [0.25, 0.3) is 5.91 Å². The van der Waals surface area contributed by atoms with Gasteiger partial charge >= 0.3 is 0 Å². The molecule has 2 aromatic carbocycles. The number of aromatic hydroxyl groups is 1. The van der Waals surface area contributed by atoms with E-state index in [2.05, 4.69) is 6.58 Å². The Kier molecular flexibility index (Phi) is 4.27. The van der Waals surface area contributed by atoms with E-state index in [-0.39, 0.29) is 17.7 Å². The predicted octanol–water partition coefficient (Wildman–Crippen LogP) is 3.06. The molecule has 1 atom stereocenters. The van der Waals surface area contributed by atoms with Gasteiger partial charge in [-0.05, 0) is 29.8 Å². The van der Waals surface area contributed by atoms with Crippen LogP contribution in [0.4, 0.5) is 5.69 Å². The third-order valence-electron chi connectivity index (χ3n) is 4.25. The predicted molar refractivity (Wildman–Crippen MR) is 93.6 cm³/mol. The van der Waals surface area contributed by atoms with E-state index in [1.54, 1.807) is 48.4 Å². The summed E-state index contributed by atoms with van der Waals surface area (Å²) in [7, 11) is 4.58. The standard InChI is InChI=1S/C19H19NO5/c1-11-18(12-5-8-16(24-3)15(21)9-12)20(19(11)22)14-7-6-13(23-2)10-17(14)25-4/h5-10,18,21H,1H2,2-4H3/t18-/m1/s1. The number of carbonyl (C=O) groups is 1. The summed E-state index contributed by atoms with van der Waals surface area (Å²) in [4.78, 5) is 14.0. The average Bonchev–Trinajstić information content (AvgIpc) is 2.64. The van der Waals surface area contributed by atoms with Gasteiger partial charge in [-0.3, -0.25) is 9.69 Å². The first-order valence-corrected chi connectivity index (χ1v) is 7.63. The topological polar surface area (TPSA) is 68.2 Å². The van der Waals surface area contributed by atoms with Crippen molar-refractivity contribution in [3.63, 3.8) is 0 Å². The fourth-order valence-corrected chi connectivity index (χ4v) is 2.94. The van der Waals surface area contributed by atoms with Crippen LogP contribution in [0, 0.1) is 0 Å². The molecule has 3 rings (SSSR count).